The Morgan fingerprint density at radius 1 is 1.40 bits per heavy atom. The Balaban J connectivity index is 1.88. The Labute approximate surface area is 131 Å². The molecule has 1 heterocycles. The summed E-state index contributed by atoms with van der Waals surface area (Å²) in [5.41, 5.74) is 1.35. The van der Waals surface area contributed by atoms with Crippen LogP contribution >= 0.6 is 23.4 Å². The highest BCUT2D eigenvalue weighted by Gasteiger charge is 2.16. The van der Waals surface area contributed by atoms with Crippen LogP contribution < -0.4 is 5.32 Å². The quantitative estimate of drug-likeness (QED) is 0.809. The molecule has 1 N–H and O–H groups in total. The van der Waals surface area contributed by atoms with Gasteiger partial charge < -0.3 is 10.1 Å². The summed E-state index contributed by atoms with van der Waals surface area (Å²) in [6.07, 6.45) is 2.77. The molecule has 2 nitrogen and oxygen atoms in total. The summed E-state index contributed by atoms with van der Waals surface area (Å²) in [5.74, 6) is 0.999. The van der Waals surface area contributed by atoms with Gasteiger partial charge in [-0.1, -0.05) is 17.7 Å². The zero-order valence-electron chi connectivity index (χ0n) is 12.5. The van der Waals surface area contributed by atoms with E-state index in [2.05, 4.69) is 44.3 Å². The number of benzene rings is 1. The number of hydrogen-bond acceptors (Lipinski definition) is 3. The van der Waals surface area contributed by atoms with E-state index < -0.39 is 0 Å². The predicted molar refractivity (Wildman–Crippen MR) is 87.7 cm³/mol. The number of halogens is 1. The minimum atomic E-state index is 0.125. The third-order valence-electron chi connectivity index (χ3n) is 3.27. The van der Waals surface area contributed by atoms with Crippen molar-refractivity contribution in [3.63, 3.8) is 0 Å². The average Bonchev–Trinajstić information content (AvgIpc) is 2.87. The van der Waals surface area contributed by atoms with Gasteiger partial charge in [0, 0.05) is 29.3 Å². The second kappa shape index (κ2) is 7.17. The molecule has 0 spiro atoms. The highest BCUT2D eigenvalue weighted by Crippen LogP contribution is 2.30. The molecule has 112 valence electrons. The van der Waals surface area contributed by atoms with Crippen molar-refractivity contribution in [2.45, 2.75) is 56.7 Å². The molecular formula is C16H24ClNOS. The zero-order chi connectivity index (χ0) is 14.6. The third kappa shape index (κ3) is 5.28. The number of rotatable bonds is 5. The van der Waals surface area contributed by atoms with Crippen LogP contribution in [0.1, 0.15) is 39.2 Å². The van der Waals surface area contributed by atoms with E-state index in [1.165, 1.54) is 18.4 Å². The predicted octanol–water partition coefficient (Wildman–Crippen LogP) is 4.50. The Morgan fingerprint density at radius 2 is 2.20 bits per heavy atom. The summed E-state index contributed by atoms with van der Waals surface area (Å²) in [7, 11) is 0. The molecule has 2 rings (SSSR count). The largest absolute Gasteiger partial charge is 0.377 e. The molecule has 20 heavy (non-hydrogen) atoms. The first kappa shape index (κ1) is 16.2. The van der Waals surface area contributed by atoms with Crippen LogP contribution in [-0.2, 0) is 11.3 Å². The highest BCUT2D eigenvalue weighted by molar-refractivity contribution is 7.99. The normalized spacial score (nSPS) is 19.5. The molecule has 1 aromatic carbocycles. The molecular weight excluding hydrogens is 290 g/mol. The fourth-order valence-electron chi connectivity index (χ4n) is 2.10. The summed E-state index contributed by atoms with van der Waals surface area (Å²) in [6, 6.07) is 6.35. The third-order valence-corrected chi connectivity index (χ3v) is 4.90. The van der Waals surface area contributed by atoms with Gasteiger partial charge in [0.2, 0.25) is 0 Å². The summed E-state index contributed by atoms with van der Waals surface area (Å²) in [5, 5.41) is 4.32. The van der Waals surface area contributed by atoms with Crippen LogP contribution in [0.2, 0.25) is 5.02 Å². The van der Waals surface area contributed by atoms with Crippen molar-refractivity contribution >= 4 is 23.4 Å². The molecule has 1 saturated heterocycles. The maximum absolute atomic E-state index is 6.38. The van der Waals surface area contributed by atoms with Gasteiger partial charge in [-0.15, -0.1) is 11.8 Å². The topological polar surface area (TPSA) is 21.3 Å². The van der Waals surface area contributed by atoms with Gasteiger partial charge in [0.25, 0.3) is 0 Å². The molecule has 0 aromatic heterocycles. The molecule has 1 aromatic rings. The standard InChI is InChI=1S/C16H24ClNOS/c1-16(2,3)18-10-12-6-7-15(14(17)9-12)20-11-13-5-4-8-19-13/h6-7,9,13,18H,4-5,8,10-11H2,1-3H3. The Kier molecular flexibility index (Phi) is 5.79. The number of hydrogen-bond donors (Lipinski definition) is 1. The van der Waals surface area contributed by atoms with Gasteiger partial charge in [0.05, 0.1) is 11.1 Å². The van der Waals surface area contributed by atoms with Gasteiger partial charge in [-0.05, 0) is 51.3 Å². The van der Waals surface area contributed by atoms with Gasteiger partial charge >= 0.3 is 0 Å². The number of ether oxygens (including phenoxy) is 1. The van der Waals surface area contributed by atoms with Crippen LogP contribution in [0.4, 0.5) is 0 Å². The lowest BCUT2D eigenvalue weighted by Crippen LogP contribution is -2.35. The summed E-state index contributed by atoms with van der Waals surface area (Å²) < 4.78 is 5.64. The van der Waals surface area contributed by atoms with Crippen molar-refractivity contribution in [3.05, 3.63) is 28.8 Å². The van der Waals surface area contributed by atoms with E-state index in [0.29, 0.717) is 6.10 Å². The van der Waals surface area contributed by atoms with Crippen LogP contribution in [0.15, 0.2) is 23.1 Å². The molecule has 1 aliphatic heterocycles. The van der Waals surface area contributed by atoms with Crippen molar-refractivity contribution in [1.82, 2.24) is 5.32 Å². The smallest absolute Gasteiger partial charge is 0.0669 e. The Bertz CT molecular complexity index is 439. The second-order valence-electron chi connectivity index (χ2n) is 6.31. The molecule has 0 radical (unpaired) electrons. The van der Waals surface area contributed by atoms with Crippen molar-refractivity contribution in [3.8, 4) is 0 Å². The summed E-state index contributed by atoms with van der Waals surface area (Å²) >= 11 is 8.17. The second-order valence-corrected chi connectivity index (χ2v) is 7.78. The lowest BCUT2D eigenvalue weighted by Gasteiger charge is -2.20. The van der Waals surface area contributed by atoms with Gasteiger partial charge in [0.15, 0.2) is 0 Å². The molecule has 1 unspecified atom stereocenters. The van der Waals surface area contributed by atoms with E-state index >= 15 is 0 Å². The number of thioether (sulfide) groups is 1. The van der Waals surface area contributed by atoms with Crippen molar-refractivity contribution < 1.29 is 4.74 Å². The molecule has 0 aliphatic carbocycles. The van der Waals surface area contributed by atoms with Gasteiger partial charge in [-0.2, -0.15) is 0 Å². The fourth-order valence-corrected chi connectivity index (χ4v) is 3.45. The first-order chi connectivity index (χ1) is 9.44. The molecule has 1 atom stereocenters. The molecule has 1 aliphatic rings. The lowest BCUT2D eigenvalue weighted by atomic mass is 10.1. The van der Waals surface area contributed by atoms with Gasteiger partial charge in [-0.25, -0.2) is 0 Å². The molecule has 0 bridgehead atoms. The van der Waals surface area contributed by atoms with Crippen LogP contribution in [-0.4, -0.2) is 24.0 Å². The van der Waals surface area contributed by atoms with Crippen molar-refractivity contribution in [1.29, 1.82) is 0 Å². The molecule has 0 saturated carbocycles. The Hall–Kier alpha value is -0.220. The first-order valence-corrected chi connectivity index (χ1v) is 8.58. The minimum absolute atomic E-state index is 0.125. The maximum Gasteiger partial charge on any atom is 0.0669 e. The molecule has 1 fully saturated rings. The van der Waals surface area contributed by atoms with Crippen LogP contribution in [0.5, 0.6) is 0 Å². The monoisotopic (exact) mass is 313 g/mol. The summed E-state index contributed by atoms with van der Waals surface area (Å²) in [6.45, 7) is 8.26. The van der Waals surface area contributed by atoms with Gasteiger partial charge in [0.1, 0.15) is 0 Å². The van der Waals surface area contributed by atoms with Crippen molar-refractivity contribution in [2.24, 2.45) is 0 Å². The minimum Gasteiger partial charge on any atom is -0.377 e. The highest BCUT2D eigenvalue weighted by atomic mass is 35.5. The van der Waals surface area contributed by atoms with Crippen LogP contribution in [0.25, 0.3) is 0 Å². The Morgan fingerprint density at radius 3 is 2.80 bits per heavy atom. The van der Waals surface area contributed by atoms with Crippen LogP contribution in [0, 0.1) is 0 Å². The van der Waals surface area contributed by atoms with E-state index in [0.717, 1.165) is 28.8 Å². The van der Waals surface area contributed by atoms with Gasteiger partial charge in [-0.3, -0.25) is 0 Å². The van der Waals surface area contributed by atoms with Crippen LogP contribution in [0.3, 0.4) is 0 Å². The summed E-state index contributed by atoms with van der Waals surface area (Å²) in [4.78, 5) is 1.15. The first-order valence-electron chi connectivity index (χ1n) is 7.22. The zero-order valence-corrected chi connectivity index (χ0v) is 14.1. The van der Waals surface area contributed by atoms with E-state index in [9.17, 15) is 0 Å². The SMILES string of the molecule is CC(C)(C)NCc1ccc(SCC2CCCO2)c(Cl)c1. The molecule has 4 heteroatoms. The average molecular weight is 314 g/mol. The molecule has 0 amide bonds. The number of nitrogens with one attached hydrogen (secondary N) is 1. The lowest BCUT2D eigenvalue weighted by molar-refractivity contribution is 0.129. The van der Waals surface area contributed by atoms with Crippen molar-refractivity contribution in [2.75, 3.05) is 12.4 Å². The fraction of sp³-hybridized carbons (Fsp3) is 0.625. The van der Waals surface area contributed by atoms with E-state index in [1.807, 2.05) is 0 Å². The maximum atomic E-state index is 6.38. The van der Waals surface area contributed by atoms with E-state index in [4.69, 9.17) is 16.3 Å². The van der Waals surface area contributed by atoms with E-state index in [-0.39, 0.29) is 5.54 Å². The van der Waals surface area contributed by atoms with E-state index in [1.54, 1.807) is 11.8 Å².